The number of carbonyl (C=O) groups excluding carboxylic acids is 1. The minimum absolute atomic E-state index is 0.0256. The molecule has 1 aromatic heterocycles. The van der Waals surface area contributed by atoms with Crippen molar-refractivity contribution < 1.29 is 19.2 Å². The van der Waals surface area contributed by atoms with Gasteiger partial charge in [-0.3, -0.25) is 10.1 Å². The average molecular weight is 481 g/mol. The maximum atomic E-state index is 12.7. The standard InChI is InChI=1S/C26H32N4O5/c1-3-5-13-34-24-12-9-19(15-21(24)26(31)35-14-6-4-2)22(27)16-25-28-17-23(29-25)18-7-10-20(11-8-18)30(32)33/h7-12,15,17,22H,3-6,13-14,16,27H2,1-2H3,(H,28,29). The van der Waals surface area contributed by atoms with Crippen molar-refractivity contribution in [2.75, 3.05) is 13.2 Å². The number of benzene rings is 2. The third-order valence-corrected chi connectivity index (χ3v) is 5.56. The van der Waals surface area contributed by atoms with E-state index in [0.717, 1.165) is 36.8 Å². The van der Waals surface area contributed by atoms with E-state index in [9.17, 15) is 14.9 Å². The Labute approximate surface area is 204 Å². The third-order valence-electron chi connectivity index (χ3n) is 5.56. The van der Waals surface area contributed by atoms with Gasteiger partial charge in [0.05, 0.1) is 23.8 Å². The van der Waals surface area contributed by atoms with Gasteiger partial charge in [0.1, 0.15) is 17.1 Å². The number of imidazole rings is 1. The number of rotatable bonds is 13. The predicted octanol–water partition coefficient (Wildman–Crippen LogP) is 5.36. The fourth-order valence-electron chi connectivity index (χ4n) is 3.47. The van der Waals surface area contributed by atoms with Gasteiger partial charge < -0.3 is 20.2 Å². The van der Waals surface area contributed by atoms with Crippen LogP contribution in [0.5, 0.6) is 5.75 Å². The van der Waals surface area contributed by atoms with E-state index in [2.05, 4.69) is 16.9 Å². The van der Waals surface area contributed by atoms with Crippen LogP contribution >= 0.6 is 0 Å². The number of aromatic amines is 1. The highest BCUT2D eigenvalue weighted by molar-refractivity contribution is 5.92. The Morgan fingerprint density at radius 3 is 2.51 bits per heavy atom. The van der Waals surface area contributed by atoms with Crippen molar-refractivity contribution in [3.8, 4) is 17.0 Å². The summed E-state index contributed by atoms with van der Waals surface area (Å²) in [6, 6.07) is 11.2. The number of nitrogens with one attached hydrogen (secondary N) is 1. The molecule has 0 spiro atoms. The van der Waals surface area contributed by atoms with Gasteiger partial charge in [-0.15, -0.1) is 0 Å². The van der Waals surface area contributed by atoms with Gasteiger partial charge in [-0.25, -0.2) is 9.78 Å². The topological polar surface area (TPSA) is 133 Å². The number of H-pyrrole nitrogens is 1. The molecule has 0 saturated carbocycles. The largest absolute Gasteiger partial charge is 0.493 e. The van der Waals surface area contributed by atoms with Gasteiger partial charge in [-0.05, 0) is 42.7 Å². The highest BCUT2D eigenvalue weighted by Crippen LogP contribution is 2.26. The highest BCUT2D eigenvalue weighted by Gasteiger charge is 2.19. The summed E-state index contributed by atoms with van der Waals surface area (Å²) in [6.45, 7) is 4.99. The number of hydrogen-bond donors (Lipinski definition) is 2. The van der Waals surface area contributed by atoms with Gasteiger partial charge in [0, 0.05) is 36.4 Å². The lowest BCUT2D eigenvalue weighted by Crippen LogP contribution is -2.16. The minimum atomic E-state index is -0.438. The normalized spacial score (nSPS) is 11.7. The second-order valence-electron chi connectivity index (χ2n) is 8.29. The zero-order valence-corrected chi connectivity index (χ0v) is 20.2. The first-order chi connectivity index (χ1) is 16.9. The van der Waals surface area contributed by atoms with Crippen LogP contribution in [0, 0.1) is 10.1 Å². The Hall–Kier alpha value is -3.72. The quantitative estimate of drug-likeness (QED) is 0.145. The van der Waals surface area contributed by atoms with Crippen LogP contribution in [0.1, 0.15) is 67.3 Å². The van der Waals surface area contributed by atoms with Gasteiger partial charge in [0.25, 0.3) is 5.69 Å². The molecule has 35 heavy (non-hydrogen) atoms. The van der Waals surface area contributed by atoms with E-state index in [4.69, 9.17) is 15.2 Å². The molecule has 0 bridgehead atoms. The van der Waals surface area contributed by atoms with Crippen LogP contribution in [-0.4, -0.2) is 34.1 Å². The van der Waals surface area contributed by atoms with Gasteiger partial charge in [-0.2, -0.15) is 0 Å². The molecule has 0 saturated heterocycles. The summed E-state index contributed by atoms with van der Waals surface area (Å²) in [5.74, 6) is 0.744. The molecular weight excluding hydrogens is 448 g/mol. The summed E-state index contributed by atoms with van der Waals surface area (Å²) < 4.78 is 11.3. The smallest absolute Gasteiger partial charge is 0.341 e. The van der Waals surface area contributed by atoms with Crippen molar-refractivity contribution in [3.05, 3.63) is 75.7 Å². The molecule has 0 fully saturated rings. The van der Waals surface area contributed by atoms with Crippen molar-refractivity contribution in [1.82, 2.24) is 9.97 Å². The zero-order valence-electron chi connectivity index (χ0n) is 20.2. The maximum Gasteiger partial charge on any atom is 0.341 e. The highest BCUT2D eigenvalue weighted by atomic mass is 16.6. The van der Waals surface area contributed by atoms with E-state index in [0.29, 0.717) is 42.5 Å². The van der Waals surface area contributed by atoms with Crippen molar-refractivity contribution >= 4 is 11.7 Å². The van der Waals surface area contributed by atoms with Gasteiger partial charge in [0.2, 0.25) is 0 Å². The summed E-state index contributed by atoms with van der Waals surface area (Å²) in [5, 5.41) is 10.9. The van der Waals surface area contributed by atoms with Crippen molar-refractivity contribution in [2.24, 2.45) is 5.73 Å². The number of unbranched alkanes of at least 4 members (excludes halogenated alkanes) is 2. The number of carbonyl (C=O) groups is 1. The molecule has 1 unspecified atom stereocenters. The summed E-state index contributed by atoms with van der Waals surface area (Å²) >= 11 is 0. The molecule has 9 heteroatoms. The van der Waals surface area contributed by atoms with Gasteiger partial charge >= 0.3 is 5.97 Å². The molecule has 9 nitrogen and oxygen atoms in total. The number of hydrogen-bond acceptors (Lipinski definition) is 7. The third kappa shape index (κ3) is 7.13. The monoisotopic (exact) mass is 480 g/mol. The van der Waals surface area contributed by atoms with Gasteiger partial charge in [-0.1, -0.05) is 32.8 Å². The molecule has 186 valence electrons. The molecule has 2 aromatic carbocycles. The lowest BCUT2D eigenvalue weighted by Gasteiger charge is -2.16. The summed E-state index contributed by atoms with van der Waals surface area (Å²) in [5.41, 5.74) is 9.06. The van der Waals surface area contributed by atoms with Crippen LogP contribution in [0.25, 0.3) is 11.3 Å². The van der Waals surface area contributed by atoms with Crippen LogP contribution in [0.2, 0.25) is 0 Å². The number of nitrogens with zero attached hydrogens (tertiary/aromatic N) is 2. The molecule has 3 rings (SSSR count). The second-order valence-corrected chi connectivity index (χ2v) is 8.29. The Morgan fingerprint density at radius 2 is 1.83 bits per heavy atom. The van der Waals surface area contributed by atoms with Crippen LogP contribution in [-0.2, 0) is 11.2 Å². The van der Waals surface area contributed by atoms with E-state index in [-0.39, 0.29) is 5.69 Å². The maximum absolute atomic E-state index is 12.7. The van der Waals surface area contributed by atoms with Crippen LogP contribution in [0.4, 0.5) is 5.69 Å². The zero-order chi connectivity index (χ0) is 25.2. The Bertz CT molecular complexity index is 1130. The molecule has 0 amide bonds. The van der Waals surface area contributed by atoms with E-state index >= 15 is 0 Å². The molecule has 1 atom stereocenters. The van der Waals surface area contributed by atoms with E-state index < -0.39 is 16.9 Å². The van der Waals surface area contributed by atoms with Crippen LogP contribution in [0.3, 0.4) is 0 Å². The molecule has 1 heterocycles. The van der Waals surface area contributed by atoms with Crippen molar-refractivity contribution in [3.63, 3.8) is 0 Å². The Balaban J connectivity index is 1.74. The fraction of sp³-hybridized carbons (Fsp3) is 0.385. The SMILES string of the molecule is CCCCOC(=O)c1cc(C(N)Cc2nc(-c3ccc([N+](=O)[O-])cc3)c[nH]2)ccc1OCCCC. The molecule has 3 aromatic rings. The molecule has 3 N–H and O–H groups in total. The number of nitro benzene ring substituents is 1. The molecular formula is C26H32N4O5. The van der Waals surface area contributed by atoms with E-state index in [1.54, 1.807) is 30.5 Å². The number of aromatic nitrogens is 2. The second kappa shape index (κ2) is 12.7. The van der Waals surface area contributed by atoms with Crippen molar-refractivity contribution in [1.29, 1.82) is 0 Å². The molecule has 0 aliphatic carbocycles. The molecule has 0 aliphatic heterocycles. The fourth-order valence-corrected chi connectivity index (χ4v) is 3.47. The number of ether oxygens (including phenoxy) is 2. The summed E-state index contributed by atoms with van der Waals surface area (Å²) in [4.78, 5) is 30.8. The Morgan fingerprint density at radius 1 is 1.11 bits per heavy atom. The van der Waals surface area contributed by atoms with E-state index in [1.165, 1.54) is 12.1 Å². The van der Waals surface area contributed by atoms with Crippen molar-refractivity contribution in [2.45, 2.75) is 52.0 Å². The lowest BCUT2D eigenvalue weighted by molar-refractivity contribution is -0.384. The first-order valence-electron chi connectivity index (χ1n) is 11.9. The number of nitro groups is 1. The first kappa shape index (κ1) is 25.9. The van der Waals surface area contributed by atoms with Gasteiger partial charge in [0.15, 0.2) is 0 Å². The number of esters is 1. The lowest BCUT2D eigenvalue weighted by atomic mass is 10.0. The minimum Gasteiger partial charge on any atom is -0.493 e. The number of nitrogens with two attached hydrogens (primary N) is 1. The van der Waals surface area contributed by atoms with E-state index in [1.807, 2.05) is 13.0 Å². The predicted molar refractivity (Wildman–Crippen MR) is 133 cm³/mol. The molecule has 0 aliphatic rings. The Kier molecular flexibility index (Phi) is 9.37. The molecule has 0 radical (unpaired) electrons. The van der Waals surface area contributed by atoms with Crippen LogP contribution in [0.15, 0.2) is 48.7 Å². The average Bonchev–Trinajstić information content (AvgIpc) is 3.32. The summed E-state index contributed by atoms with van der Waals surface area (Å²) in [7, 11) is 0. The first-order valence-corrected chi connectivity index (χ1v) is 11.9. The van der Waals surface area contributed by atoms with Crippen LogP contribution < -0.4 is 10.5 Å². The number of non-ortho nitro benzene ring substituents is 1. The summed E-state index contributed by atoms with van der Waals surface area (Å²) in [6.07, 6.45) is 5.76.